The summed E-state index contributed by atoms with van der Waals surface area (Å²) >= 11 is 0. The summed E-state index contributed by atoms with van der Waals surface area (Å²) in [6.45, 7) is -0.243. The normalized spacial score (nSPS) is 45.3. The average Bonchev–Trinajstić information content (AvgIpc) is 2.51. The van der Waals surface area contributed by atoms with Crippen LogP contribution in [0.2, 0.25) is 0 Å². The molecule has 12 heavy (non-hydrogen) atoms. The van der Waals surface area contributed by atoms with Crippen LogP contribution in [-0.4, -0.2) is 47.4 Å². The van der Waals surface area contributed by atoms with Gasteiger partial charge in [0.2, 0.25) is 0 Å². The minimum atomic E-state index is -0.857. The van der Waals surface area contributed by atoms with E-state index < -0.39 is 24.5 Å². The highest BCUT2D eigenvalue weighted by atomic mass is 16.6. The molecule has 2 heterocycles. The highest BCUT2D eigenvalue weighted by Crippen LogP contribution is 2.28. The van der Waals surface area contributed by atoms with Gasteiger partial charge in [0, 0.05) is 0 Å². The van der Waals surface area contributed by atoms with E-state index in [4.69, 9.17) is 20.3 Å². The summed E-state index contributed by atoms with van der Waals surface area (Å²) in [5.74, 6) is 0. The van der Waals surface area contributed by atoms with Crippen molar-refractivity contribution in [3.63, 3.8) is 0 Å². The third-order valence-electron chi connectivity index (χ3n) is 2.00. The zero-order chi connectivity index (χ0) is 8.72. The lowest BCUT2D eigenvalue weighted by Crippen LogP contribution is -2.35. The van der Waals surface area contributed by atoms with Crippen LogP contribution in [-0.2, 0) is 9.47 Å². The number of ether oxygens (including phenoxy) is 2. The first-order valence-electron chi connectivity index (χ1n) is 3.66. The standard InChI is InChI=1S/C6H10N2O4/c7-6-8-5-4(12-6)3(10)2(1-9)11-5/h2-5,9-10H,1H2,(H2,7,8)/t2-,3+,4?,5-/m0/s1. The van der Waals surface area contributed by atoms with Gasteiger partial charge < -0.3 is 25.4 Å². The fourth-order valence-electron chi connectivity index (χ4n) is 1.40. The molecule has 0 aromatic heterocycles. The summed E-state index contributed by atoms with van der Waals surface area (Å²) in [4.78, 5) is 3.78. The van der Waals surface area contributed by atoms with Crippen molar-refractivity contribution >= 4 is 6.02 Å². The van der Waals surface area contributed by atoms with Crippen molar-refractivity contribution in [2.75, 3.05) is 6.61 Å². The number of fused-ring (bicyclic) bond motifs is 1. The fraction of sp³-hybridized carbons (Fsp3) is 0.833. The molecular weight excluding hydrogens is 164 g/mol. The van der Waals surface area contributed by atoms with Crippen molar-refractivity contribution in [3.8, 4) is 0 Å². The fourth-order valence-corrected chi connectivity index (χ4v) is 1.40. The number of nitrogens with zero attached hydrogens (tertiary/aromatic N) is 1. The number of rotatable bonds is 1. The molecule has 1 saturated heterocycles. The Morgan fingerprint density at radius 1 is 1.58 bits per heavy atom. The van der Waals surface area contributed by atoms with Crippen LogP contribution in [0.25, 0.3) is 0 Å². The van der Waals surface area contributed by atoms with E-state index in [9.17, 15) is 5.11 Å². The number of amidine groups is 1. The largest absolute Gasteiger partial charge is 0.454 e. The molecule has 0 amide bonds. The minimum absolute atomic E-state index is 0.0282. The Kier molecular flexibility index (Phi) is 1.67. The van der Waals surface area contributed by atoms with E-state index >= 15 is 0 Å². The van der Waals surface area contributed by atoms with Crippen molar-refractivity contribution in [2.24, 2.45) is 10.7 Å². The highest BCUT2D eigenvalue weighted by molar-refractivity contribution is 5.73. The molecule has 0 saturated carbocycles. The monoisotopic (exact) mass is 174 g/mol. The van der Waals surface area contributed by atoms with Crippen molar-refractivity contribution in [1.82, 2.24) is 0 Å². The molecule has 0 aliphatic carbocycles. The van der Waals surface area contributed by atoms with Crippen LogP contribution in [0.3, 0.4) is 0 Å². The van der Waals surface area contributed by atoms with E-state index in [2.05, 4.69) is 4.99 Å². The van der Waals surface area contributed by atoms with Crippen molar-refractivity contribution < 1.29 is 19.7 Å². The molecule has 0 bridgehead atoms. The van der Waals surface area contributed by atoms with Crippen LogP contribution in [0.4, 0.5) is 0 Å². The Hall–Kier alpha value is -0.850. The average molecular weight is 174 g/mol. The van der Waals surface area contributed by atoms with Crippen molar-refractivity contribution in [3.05, 3.63) is 0 Å². The molecule has 2 rings (SSSR count). The van der Waals surface area contributed by atoms with E-state index in [1.165, 1.54) is 0 Å². The molecule has 0 aromatic carbocycles. The summed E-state index contributed by atoms with van der Waals surface area (Å²) in [5.41, 5.74) is 5.25. The van der Waals surface area contributed by atoms with Gasteiger partial charge in [-0.1, -0.05) is 0 Å². The number of hydrogen-bond acceptors (Lipinski definition) is 6. The van der Waals surface area contributed by atoms with Gasteiger partial charge in [0.1, 0.15) is 12.2 Å². The van der Waals surface area contributed by atoms with Crippen LogP contribution in [0.5, 0.6) is 0 Å². The first kappa shape index (κ1) is 7.78. The first-order chi connectivity index (χ1) is 5.72. The van der Waals surface area contributed by atoms with E-state index in [1.54, 1.807) is 0 Å². The molecule has 4 atom stereocenters. The zero-order valence-corrected chi connectivity index (χ0v) is 6.25. The Morgan fingerprint density at radius 3 is 2.92 bits per heavy atom. The number of aliphatic imine (C=N–C) groups is 1. The molecule has 2 aliphatic heterocycles. The second-order valence-electron chi connectivity index (χ2n) is 2.79. The summed E-state index contributed by atoms with van der Waals surface area (Å²) in [7, 11) is 0. The van der Waals surface area contributed by atoms with E-state index in [0.717, 1.165) is 0 Å². The maximum atomic E-state index is 9.44. The van der Waals surface area contributed by atoms with Crippen LogP contribution in [0, 0.1) is 0 Å². The van der Waals surface area contributed by atoms with E-state index in [1.807, 2.05) is 0 Å². The smallest absolute Gasteiger partial charge is 0.285 e. The maximum absolute atomic E-state index is 9.44. The summed E-state index contributed by atoms with van der Waals surface area (Å²) in [6, 6.07) is 0.0282. The van der Waals surface area contributed by atoms with Gasteiger partial charge in [-0.3, -0.25) is 0 Å². The molecule has 6 nitrogen and oxygen atoms in total. The highest BCUT2D eigenvalue weighted by Gasteiger charge is 2.48. The summed E-state index contributed by atoms with van der Waals surface area (Å²) in [5, 5.41) is 18.2. The van der Waals surface area contributed by atoms with E-state index in [-0.39, 0.29) is 12.6 Å². The lowest BCUT2D eigenvalue weighted by atomic mass is 10.1. The molecule has 0 radical (unpaired) electrons. The molecule has 0 aromatic rings. The minimum Gasteiger partial charge on any atom is -0.454 e. The van der Waals surface area contributed by atoms with E-state index in [0.29, 0.717) is 0 Å². The van der Waals surface area contributed by atoms with Gasteiger partial charge in [0.15, 0.2) is 12.3 Å². The van der Waals surface area contributed by atoms with Gasteiger partial charge in [-0.2, -0.15) is 4.99 Å². The number of nitrogens with two attached hydrogens (primary N) is 1. The zero-order valence-electron chi connectivity index (χ0n) is 6.25. The first-order valence-corrected chi connectivity index (χ1v) is 3.66. The maximum Gasteiger partial charge on any atom is 0.285 e. The van der Waals surface area contributed by atoms with Crippen molar-refractivity contribution in [1.29, 1.82) is 0 Å². The van der Waals surface area contributed by atoms with Crippen LogP contribution in [0.15, 0.2) is 4.99 Å². The van der Waals surface area contributed by atoms with Crippen LogP contribution >= 0.6 is 0 Å². The molecular formula is C6H10N2O4. The third kappa shape index (κ3) is 0.961. The van der Waals surface area contributed by atoms with Gasteiger partial charge in [-0.15, -0.1) is 0 Å². The Balaban J connectivity index is 2.10. The molecule has 2 aliphatic rings. The van der Waals surface area contributed by atoms with Gasteiger partial charge in [-0.05, 0) is 0 Å². The molecule has 1 unspecified atom stereocenters. The predicted molar refractivity (Wildman–Crippen MR) is 38.2 cm³/mol. The molecule has 6 heteroatoms. The predicted octanol–water partition coefficient (Wildman–Crippen LogP) is -2.22. The molecule has 0 spiro atoms. The van der Waals surface area contributed by atoms with Crippen LogP contribution < -0.4 is 5.73 Å². The quantitative estimate of drug-likeness (QED) is 0.418. The molecule has 4 N–H and O–H groups in total. The lowest BCUT2D eigenvalue weighted by Gasteiger charge is -2.13. The Morgan fingerprint density at radius 2 is 2.33 bits per heavy atom. The Labute approximate surface area is 68.6 Å². The lowest BCUT2D eigenvalue weighted by molar-refractivity contribution is -0.0206. The number of hydrogen-bond donors (Lipinski definition) is 3. The second kappa shape index (κ2) is 2.58. The molecule has 1 fully saturated rings. The molecule has 68 valence electrons. The number of aliphatic hydroxyl groups is 2. The number of aliphatic hydroxyl groups excluding tert-OH is 2. The van der Waals surface area contributed by atoms with Gasteiger partial charge >= 0.3 is 0 Å². The van der Waals surface area contributed by atoms with Crippen LogP contribution in [0.1, 0.15) is 0 Å². The Bertz CT molecular complexity index is 220. The third-order valence-corrected chi connectivity index (χ3v) is 2.00. The van der Waals surface area contributed by atoms with Gasteiger partial charge in [0.05, 0.1) is 6.61 Å². The summed E-state index contributed by atoms with van der Waals surface area (Å²) in [6.07, 6.45) is -2.58. The second-order valence-corrected chi connectivity index (χ2v) is 2.79. The SMILES string of the molecule is NC1=N[C@H]2O[C@@H](CO)[C@@H](O)C2O1. The topological polar surface area (TPSA) is 97.3 Å². The van der Waals surface area contributed by atoms with Crippen molar-refractivity contribution in [2.45, 2.75) is 24.5 Å². The van der Waals surface area contributed by atoms with Gasteiger partial charge in [-0.25, -0.2) is 0 Å². The van der Waals surface area contributed by atoms with Gasteiger partial charge in [0.25, 0.3) is 6.02 Å². The summed E-state index contributed by atoms with van der Waals surface area (Å²) < 4.78 is 10.1.